The van der Waals surface area contributed by atoms with Crippen molar-refractivity contribution < 1.29 is 0 Å². The third-order valence-electron chi connectivity index (χ3n) is 8.71. The lowest BCUT2D eigenvalue weighted by molar-refractivity contribution is -0.0375. The molecule has 0 spiro atoms. The Morgan fingerprint density at radius 3 is 2.68 bits per heavy atom. The van der Waals surface area contributed by atoms with E-state index in [-0.39, 0.29) is 0 Å². The molecule has 4 aliphatic carbocycles. The van der Waals surface area contributed by atoms with E-state index in [4.69, 9.17) is 0 Å². The van der Waals surface area contributed by atoms with Gasteiger partial charge >= 0.3 is 0 Å². The van der Waals surface area contributed by atoms with Crippen molar-refractivity contribution >= 4 is 0 Å². The van der Waals surface area contributed by atoms with Crippen LogP contribution in [0.3, 0.4) is 0 Å². The fraction of sp³-hybridized carbons (Fsp3) is 0.818. The van der Waals surface area contributed by atoms with E-state index in [1.165, 1.54) is 51.4 Å². The Kier molecular flexibility index (Phi) is 3.41. The smallest absolute Gasteiger partial charge is 0.00851 e. The van der Waals surface area contributed by atoms with Crippen molar-refractivity contribution in [2.45, 2.75) is 72.1 Å². The molecule has 0 aromatic carbocycles. The largest absolute Gasteiger partial charge is 0.103 e. The van der Waals surface area contributed by atoms with Gasteiger partial charge in [-0.1, -0.05) is 38.5 Å². The highest BCUT2D eigenvalue weighted by atomic mass is 14.6. The van der Waals surface area contributed by atoms with Crippen LogP contribution in [0.2, 0.25) is 0 Å². The summed E-state index contributed by atoms with van der Waals surface area (Å²) in [6.07, 6.45) is 16.5. The SMILES string of the molecule is C=CC1CC[C@H]2[C@@H]3CC=C4CC(C)CC[C@]4(C)[C@@H]3CC[C@]12C. The summed E-state index contributed by atoms with van der Waals surface area (Å²) in [6, 6.07) is 0. The molecule has 4 aliphatic rings. The third-order valence-corrected chi connectivity index (χ3v) is 8.71. The van der Waals surface area contributed by atoms with Crippen LogP contribution >= 0.6 is 0 Å². The quantitative estimate of drug-likeness (QED) is 0.492. The minimum absolute atomic E-state index is 0.545. The first-order valence-corrected chi connectivity index (χ1v) is 9.81. The summed E-state index contributed by atoms with van der Waals surface area (Å²) in [6.45, 7) is 11.8. The van der Waals surface area contributed by atoms with Crippen LogP contribution in [0.1, 0.15) is 72.1 Å². The summed E-state index contributed by atoms with van der Waals surface area (Å²) >= 11 is 0. The van der Waals surface area contributed by atoms with Crippen LogP contribution in [0.25, 0.3) is 0 Å². The fourth-order valence-corrected chi connectivity index (χ4v) is 7.27. The standard InChI is InChI=1S/C22H34/c1-5-16-7-9-19-18-8-6-17-14-15(2)10-12-22(17,4)20(18)11-13-21(16,19)3/h5-6,15-16,18-20H,1,7-14H2,2-4H3/t15?,16?,18-,19-,20+,21+,22-/m0/s1. The predicted molar refractivity (Wildman–Crippen MR) is 94.6 cm³/mol. The summed E-state index contributed by atoms with van der Waals surface area (Å²) in [5.74, 6) is 4.60. The predicted octanol–water partition coefficient (Wildman–Crippen LogP) is 6.39. The van der Waals surface area contributed by atoms with Crippen molar-refractivity contribution in [3.05, 3.63) is 24.3 Å². The maximum absolute atomic E-state index is 4.16. The Labute approximate surface area is 137 Å². The lowest BCUT2D eigenvalue weighted by atomic mass is 9.47. The summed E-state index contributed by atoms with van der Waals surface area (Å²) < 4.78 is 0. The maximum Gasteiger partial charge on any atom is -0.00851 e. The van der Waals surface area contributed by atoms with Crippen LogP contribution in [0, 0.1) is 40.4 Å². The second-order valence-electron chi connectivity index (χ2n) is 9.57. The highest BCUT2D eigenvalue weighted by molar-refractivity contribution is 5.25. The third kappa shape index (κ3) is 1.88. The van der Waals surface area contributed by atoms with E-state index in [1.807, 2.05) is 5.57 Å². The molecular formula is C22H34. The van der Waals surface area contributed by atoms with Gasteiger partial charge in [-0.2, -0.15) is 0 Å². The Bertz CT molecular complexity index is 500. The highest BCUT2D eigenvalue weighted by Crippen LogP contribution is 2.66. The van der Waals surface area contributed by atoms with Crippen molar-refractivity contribution in [3.63, 3.8) is 0 Å². The van der Waals surface area contributed by atoms with E-state index in [2.05, 4.69) is 39.5 Å². The zero-order valence-corrected chi connectivity index (χ0v) is 14.9. The molecule has 0 heterocycles. The number of allylic oxidation sites excluding steroid dienone is 3. The van der Waals surface area contributed by atoms with Gasteiger partial charge in [0.15, 0.2) is 0 Å². The molecule has 4 rings (SSSR count). The van der Waals surface area contributed by atoms with Gasteiger partial charge in [-0.15, -0.1) is 6.58 Å². The number of hydrogen-bond acceptors (Lipinski definition) is 0. The first-order chi connectivity index (χ1) is 10.5. The molecule has 122 valence electrons. The fourth-order valence-electron chi connectivity index (χ4n) is 7.27. The minimum Gasteiger partial charge on any atom is -0.103 e. The molecule has 0 aliphatic heterocycles. The number of hydrogen-bond donors (Lipinski definition) is 0. The zero-order valence-electron chi connectivity index (χ0n) is 14.9. The van der Waals surface area contributed by atoms with Crippen molar-refractivity contribution in [1.29, 1.82) is 0 Å². The lowest BCUT2D eigenvalue weighted by Crippen LogP contribution is -2.49. The molecule has 22 heavy (non-hydrogen) atoms. The Morgan fingerprint density at radius 2 is 1.91 bits per heavy atom. The van der Waals surface area contributed by atoms with Gasteiger partial charge in [-0.3, -0.25) is 0 Å². The molecule has 3 saturated carbocycles. The van der Waals surface area contributed by atoms with Crippen LogP contribution in [0.5, 0.6) is 0 Å². The summed E-state index contributed by atoms with van der Waals surface area (Å²) in [5, 5.41) is 0. The normalized spacial score (nSPS) is 54.0. The summed E-state index contributed by atoms with van der Waals surface area (Å²) in [7, 11) is 0. The first kappa shape index (κ1) is 15.0. The van der Waals surface area contributed by atoms with Crippen molar-refractivity contribution in [1.82, 2.24) is 0 Å². The molecule has 0 radical (unpaired) electrons. The van der Waals surface area contributed by atoms with E-state index < -0.39 is 0 Å². The van der Waals surface area contributed by atoms with Crippen LogP contribution < -0.4 is 0 Å². The minimum atomic E-state index is 0.545. The van der Waals surface area contributed by atoms with Gasteiger partial charge in [0.1, 0.15) is 0 Å². The topological polar surface area (TPSA) is 0 Å². The average Bonchev–Trinajstić information content (AvgIpc) is 2.84. The lowest BCUT2D eigenvalue weighted by Gasteiger charge is -2.58. The molecule has 0 aromatic rings. The molecule has 7 atom stereocenters. The Hall–Kier alpha value is -0.520. The van der Waals surface area contributed by atoms with Gasteiger partial charge in [0, 0.05) is 0 Å². The van der Waals surface area contributed by atoms with Gasteiger partial charge in [-0.25, -0.2) is 0 Å². The van der Waals surface area contributed by atoms with E-state index >= 15 is 0 Å². The Balaban J connectivity index is 1.67. The Morgan fingerprint density at radius 1 is 1.09 bits per heavy atom. The van der Waals surface area contributed by atoms with Gasteiger partial charge in [0.05, 0.1) is 0 Å². The summed E-state index contributed by atoms with van der Waals surface area (Å²) in [5.41, 5.74) is 2.95. The molecule has 0 aromatic heterocycles. The van der Waals surface area contributed by atoms with E-state index in [9.17, 15) is 0 Å². The van der Waals surface area contributed by atoms with Gasteiger partial charge < -0.3 is 0 Å². The molecule has 0 N–H and O–H groups in total. The molecule has 0 nitrogen and oxygen atoms in total. The van der Waals surface area contributed by atoms with E-state index in [1.54, 1.807) is 0 Å². The second-order valence-corrected chi connectivity index (χ2v) is 9.57. The molecular weight excluding hydrogens is 264 g/mol. The van der Waals surface area contributed by atoms with Crippen LogP contribution in [-0.4, -0.2) is 0 Å². The molecule has 2 unspecified atom stereocenters. The number of fused-ring (bicyclic) bond motifs is 5. The average molecular weight is 299 g/mol. The number of rotatable bonds is 1. The maximum atomic E-state index is 4.16. The second kappa shape index (κ2) is 4.99. The van der Waals surface area contributed by atoms with Gasteiger partial charge in [0.25, 0.3) is 0 Å². The van der Waals surface area contributed by atoms with Crippen LogP contribution in [0.15, 0.2) is 24.3 Å². The van der Waals surface area contributed by atoms with Gasteiger partial charge in [-0.05, 0) is 91.8 Å². The van der Waals surface area contributed by atoms with E-state index in [0.717, 1.165) is 29.6 Å². The molecule has 0 amide bonds. The first-order valence-electron chi connectivity index (χ1n) is 9.81. The molecule has 0 saturated heterocycles. The van der Waals surface area contributed by atoms with Crippen LogP contribution in [-0.2, 0) is 0 Å². The highest BCUT2D eigenvalue weighted by Gasteiger charge is 2.57. The monoisotopic (exact) mass is 298 g/mol. The summed E-state index contributed by atoms with van der Waals surface area (Å²) in [4.78, 5) is 0. The zero-order chi connectivity index (χ0) is 15.5. The van der Waals surface area contributed by atoms with Crippen molar-refractivity contribution in [2.75, 3.05) is 0 Å². The van der Waals surface area contributed by atoms with Crippen LogP contribution in [0.4, 0.5) is 0 Å². The molecule has 0 bridgehead atoms. The van der Waals surface area contributed by atoms with Crippen molar-refractivity contribution in [3.8, 4) is 0 Å². The molecule has 0 heteroatoms. The molecule has 3 fully saturated rings. The van der Waals surface area contributed by atoms with Gasteiger partial charge in [0.2, 0.25) is 0 Å². The van der Waals surface area contributed by atoms with E-state index in [0.29, 0.717) is 10.8 Å². The van der Waals surface area contributed by atoms with Crippen molar-refractivity contribution in [2.24, 2.45) is 40.4 Å².